The third-order valence-electron chi connectivity index (χ3n) is 2.33. The van der Waals surface area contributed by atoms with Crippen LogP contribution >= 0.6 is 0 Å². The number of halogens is 3. The Bertz CT molecular complexity index is 471. The molecule has 19 heavy (non-hydrogen) atoms. The van der Waals surface area contributed by atoms with E-state index in [2.05, 4.69) is 0 Å². The average molecular weight is 274 g/mol. The van der Waals surface area contributed by atoms with Crippen molar-refractivity contribution in [3.63, 3.8) is 0 Å². The minimum Gasteiger partial charge on any atom is -0.460 e. The zero-order chi connectivity index (χ0) is 14.8. The van der Waals surface area contributed by atoms with Crippen LogP contribution in [0.25, 0.3) is 0 Å². The van der Waals surface area contributed by atoms with Crippen molar-refractivity contribution in [3.8, 4) is 0 Å². The fourth-order valence-electron chi connectivity index (χ4n) is 1.64. The summed E-state index contributed by atoms with van der Waals surface area (Å²) in [7, 11) is 0. The summed E-state index contributed by atoms with van der Waals surface area (Å²) in [5.41, 5.74) is -1.05. The van der Waals surface area contributed by atoms with Crippen LogP contribution in [0.2, 0.25) is 0 Å². The Balaban J connectivity index is 2.99. The number of benzene rings is 1. The minimum absolute atomic E-state index is 0.0626. The molecule has 0 aromatic heterocycles. The van der Waals surface area contributed by atoms with Gasteiger partial charge in [0, 0.05) is 0 Å². The van der Waals surface area contributed by atoms with E-state index in [1.807, 2.05) is 0 Å². The van der Waals surface area contributed by atoms with Gasteiger partial charge in [-0.15, -0.1) is 0 Å². The van der Waals surface area contributed by atoms with Crippen LogP contribution in [0.5, 0.6) is 0 Å². The van der Waals surface area contributed by atoms with Crippen molar-refractivity contribution in [2.75, 3.05) is 0 Å². The first-order valence-corrected chi connectivity index (χ1v) is 5.87. The molecule has 0 radical (unpaired) electrons. The summed E-state index contributed by atoms with van der Waals surface area (Å²) in [6.45, 7) is 6.59. The molecule has 0 saturated heterocycles. The molecule has 1 aromatic carbocycles. The van der Waals surface area contributed by atoms with Gasteiger partial charge in [0.15, 0.2) is 0 Å². The smallest absolute Gasteiger partial charge is 0.416 e. The molecule has 5 heteroatoms. The first kappa shape index (κ1) is 15.5. The van der Waals surface area contributed by atoms with Gasteiger partial charge in [-0.1, -0.05) is 17.7 Å². The van der Waals surface area contributed by atoms with E-state index in [1.54, 1.807) is 33.8 Å². The number of hydrogen-bond donors (Lipinski definition) is 0. The maximum Gasteiger partial charge on any atom is 0.416 e. The molecule has 0 bridgehead atoms. The summed E-state index contributed by atoms with van der Waals surface area (Å²) in [5, 5.41) is 0. The summed E-state index contributed by atoms with van der Waals surface area (Å²) < 4.78 is 43.6. The highest BCUT2D eigenvalue weighted by Crippen LogP contribution is 2.33. The molecule has 0 amide bonds. The highest BCUT2D eigenvalue weighted by atomic mass is 19.4. The lowest BCUT2D eigenvalue weighted by Crippen LogP contribution is -2.25. The number of rotatable bonds is 2. The standard InChI is InChI=1S/C14H17F3O2/c1-9-5-6-10(11(7-9)14(15,16)17)8-12(18)19-13(2,3)4/h5-7H,8H2,1-4H3. The van der Waals surface area contributed by atoms with Crippen molar-refractivity contribution in [1.82, 2.24) is 0 Å². The Morgan fingerprint density at radius 3 is 2.26 bits per heavy atom. The average Bonchev–Trinajstić information content (AvgIpc) is 2.16. The van der Waals surface area contributed by atoms with E-state index >= 15 is 0 Å². The molecule has 0 atom stereocenters. The molecule has 0 spiro atoms. The van der Waals surface area contributed by atoms with Gasteiger partial charge >= 0.3 is 12.1 Å². The van der Waals surface area contributed by atoms with E-state index in [0.717, 1.165) is 6.07 Å². The number of esters is 1. The van der Waals surface area contributed by atoms with E-state index in [4.69, 9.17) is 4.74 Å². The van der Waals surface area contributed by atoms with Crippen LogP contribution in [0.3, 0.4) is 0 Å². The van der Waals surface area contributed by atoms with E-state index < -0.39 is 23.3 Å². The third-order valence-corrected chi connectivity index (χ3v) is 2.33. The Morgan fingerprint density at radius 2 is 1.79 bits per heavy atom. The van der Waals surface area contributed by atoms with E-state index in [9.17, 15) is 18.0 Å². The fraction of sp³-hybridized carbons (Fsp3) is 0.500. The maximum atomic E-state index is 12.9. The Hall–Kier alpha value is -1.52. The molecular formula is C14H17F3O2. The quantitative estimate of drug-likeness (QED) is 0.765. The Labute approximate surface area is 110 Å². The van der Waals surface area contributed by atoms with Gasteiger partial charge < -0.3 is 4.74 Å². The summed E-state index contributed by atoms with van der Waals surface area (Å²) >= 11 is 0. The van der Waals surface area contributed by atoms with E-state index in [-0.39, 0.29) is 12.0 Å². The zero-order valence-electron chi connectivity index (χ0n) is 11.4. The summed E-state index contributed by atoms with van der Waals surface area (Å²) in [6, 6.07) is 3.91. The van der Waals surface area contributed by atoms with Gasteiger partial charge in [-0.05, 0) is 39.3 Å². The predicted octanol–water partition coefficient (Wildman–Crippen LogP) is 3.90. The van der Waals surface area contributed by atoms with Crippen molar-refractivity contribution < 1.29 is 22.7 Å². The Kier molecular flexibility index (Phi) is 4.28. The molecule has 0 fully saturated rings. The molecule has 2 nitrogen and oxygen atoms in total. The molecule has 0 unspecified atom stereocenters. The van der Waals surface area contributed by atoms with Crippen LogP contribution in [-0.2, 0) is 22.1 Å². The Morgan fingerprint density at radius 1 is 1.21 bits per heavy atom. The molecule has 0 saturated carbocycles. The zero-order valence-corrected chi connectivity index (χ0v) is 11.4. The minimum atomic E-state index is -4.47. The second-order valence-electron chi connectivity index (χ2n) is 5.42. The number of carbonyl (C=O) groups excluding carboxylic acids is 1. The van der Waals surface area contributed by atoms with Crippen LogP contribution in [0, 0.1) is 6.92 Å². The maximum absolute atomic E-state index is 12.9. The second-order valence-corrected chi connectivity index (χ2v) is 5.42. The molecule has 1 rings (SSSR count). The number of ether oxygens (including phenoxy) is 1. The summed E-state index contributed by atoms with van der Waals surface area (Å²) in [4.78, 5) is 11.6. The van der Waals surface area contributed by atoms with Gasteiger partial charge in [0.1, 0.15) is 5.60 Å². The monoisotopic (exact) mass is 274 g/mol. The lowest BCUT2D eigenvalue weighted by Gasteiger charge is -2.20. The highest BCUT2D eigenvalue weighted by molar-refractivity contribution is 5.73. The SMILES string of the molecule is Cc1ccc(CC(=O)OC(C)(C)C)c(C(F)(F)F)c1. The number of hydrogen-bond acceptors (Lipinski definition) is 2. The first-order valence-electron chi connectivity index (χ1n) is 5.87. The molecule has 0 heterocycles. The summed E-state index contributed by atoms with van der Waals surface area (Å²) in [6.07, 6.45) is -4.85. The second kappa shape index (κ2) is 5.23. The lowest BCUT2D eigenvalue weighted by molar-refractivity contribution is -0.154. The van der Waals surface area contributed by atoms with Crippen molar-refractivity contribution in [1.29, 1.82) is 0 Å². The molecule has 106 valence electrons. The number of alkyl halides is 3. The fourth-order valence-corrected chi connectivity index (χ4v) is 1.64. The molecule has 0 aliphatic heterocycles. The molecule has 0 N–H and O–H groups in total. The van der Waals surface area contributed by atoms with Gasteiger partial charge in [0.25, 0.3) is 0 Å². The van der Waals surface area contributed by atoms with Crippen molar-refractivity contribution in [2.45, 2.75) is 45.9 Å². The van der Waals surface area contributed by atoms with Crippen LogP contribution in [0.15, 0.2) is 18.2 Å². The topological polar surface area (TPSA) is 26.3 Å². The largest absolute Gasteiger partial charge is 0.460 e. The molecule has 1 aromatic rings. The summed E-state index contributed by atoms with van der Waals surface area (Å²) in [5.74, 6) is -0.665. The van der Waals surface area contributed by atoms with Crippen LogP contribution in [0.1, 0.15) is 37.5 Å². The first-order chi connectivity index (χ1) is 8.49. The molecule has 0 aliphatic rings. The lowest BCUT2D eigenvalue weighted by atomic mass is 10.0. The van der Waals surface area contributed by atoms with Gasteiger partial charge in [0.2, 0.25) is 0 Å². The van der Waals surface area contributed by atoms with Crippen LogP contribution in [0.4, 0.5) is 13.2 Å². The van der Waals surface area contributed by atoms with Crippen molar-refractivity contribution in [2.24, 2.45) is 0 Å². The normalized spacial score (nSPS) is 12.4. The van der Waals surface area contributed by atoms with Crippen molar-refractivity contribution >= 4 is 5.97 Å². The van der Waals surface area contributed by atoms with Gasteiger partial charge in [0.05, 0.1) is 12.0 Å². The molecular weight excluding hydrogens is 257 g/mol. The predicted molar refractivity (Wildman–Crippen MR) is 65.7 cm³/mol. The van der Waals surface area contributed by atoms with Gasteiger partial charge in [-0.25, -0.2) is 0 Å². The molecule has 0 aliphatic carbocycles. The third kappa shape index (κ3) is 4.93. The van der Waals surface area contributed by atoms with Crippen LogP contribution in [-0.4, -0.2) is 11.6 Å². The van der Waals surface area contributed by atoms with E-state index in [0.29, 0.717) is 5.56 Å². The number of aryl methyl sites for hydroxylation is 1. The van der Waals surface area contributed by atoms with Crippen LogP contribution < -0.4 is 0 Å². The van der Waals surface area contributed by atoms with Crippen molar-refractivity contribution in [3.05, 3.63) is 34.9 Å². The highest BCUT2D eigenvalue weighted by Gasteiger charge is 2.34. The number of carbonyl (C=O) groups is 1. The van der Waals surface area contributed by atoms with E-state index in [1.165, 1.54) is 6.07 Å². The van der Waals surface area contributed by atoms with Gasteiger partial charge in [-0.2, -0.15) is 13.2 Å². The van der Waals surface area contributed by atoms with Gasteiger partial charge in [-0.3, -0.25) is 4.79 Å².